The van der Waals surface area contributed by atoms with Crippen LogP contribution in [-0.4, -0.2) is 17.6 Å². The highest BCUT2D eigenvalue weighted by Gasteiger charge is 2.36. The van der Waals surface area contributed by atoms with Gasteiger partial charge in [-0.1, -0.05) is 41.0 Å². The van der Waals surface area contributed by atoms with Crippen molar-refractivity contribution in [1.82, 2.24) is 0 Å². The number of rotatable bonds is 2. The largest absolute Gasteiger partial charge is 0.389 e. The second kappa shape index (κ2) is 5.41. The van der Waals surface area contributed by atoms with Gasteiger partial charge in [0, 0.05) is 28.3 Å². The molecule has 2 fully saturated rings. The van der Waals surface area contributed by atoms with Crippen LogP contribution in [0.1, 0.15) is 37.7 Å². The SMILES string of the molecule is NC(=S)c1cc(Br)ccc1N1CCC2CCCCC21. The van der Waals surface area contributed by atoms with Crippen LogP contribution in [0.25, 0.3) is 0 Å². The number of nitrogens with two attached hydrogens (primary N) is 1. The van der Waals surface area contributed by atoms with E-state index in [1.165, 1.54) is 37.8 Å². The fourth-order valence-electron chi connectivity index (χ4n) is 3.66. The van der Waals surface area contributed by atoms with Crippen molar-refractivity contribution < 1.29 is 0 Å². The summed E-state index contributed by atoms with van der Waals surface area (Å²) in [6.07, 6.45) is 6.78. The lowest BCUT2D eigenvalue weighted by Gasteiger charge is -2.34. The Morgan fingerprint density at radius 1 is 1.26 bits per heavy atom. The van der Waals surface area contributed by atoms with Crippen molar-refractivity contribution in [3.63, 3.8) is 0 Å². The van der Waals surface area contributed by atoms with Gasteiger partial charge in [0.05, 0.1) is 0 Å². The van der Waals surface area contributed by atoms with Crippen LogP contribution in [0.3, 0.4) is 0 Å². The first kappa shape index (κ1) is 13.4. The highest BCUT2D eigenvalue weighted by atomic mass is 79.9. The van der Waals surface area contributed by atoms with Gasteiger partial charge in [0.25, 0.3) is 0 Å². The predicted octanol–water partition coefficient (Wildman–Crippen LogP) is 3.85. The van der Waals surface area contributed by atoms with Crippen molar-refractivity contribution in [2.24, 2.45) is 11.7 Å². The van der Waals surface area contributed by atoms with E-state index < -0.39 is 0 Å². The van der Waals surface area contributed by atoms with Gasteiger partial charge in [-0.3, -0.25) is 0 Å². The van der Waals surface area contributed by atoms with Gasteiger partial charge in [0.1, 0.15) is 4.99 Å². The van der Waals surface area contributed by atoms with E-state index in [1.54, 1.807) is 0 Å². The molecular formula is C15H19BrN2S. The number of hydrogen-bond acceptors (Lipinski definition) is 2. The summed E-state index contributed by atoms with van der Waals surface area (Å²) in [6.45, 7) is 1.15. The zero-order valence-electron chi connectivity index (χ0n) is 10.9. The average molecular weight is 339 g/mol. The van der Waals surface area contributed by atoms with Gasteiger partial charge in [0.15, 0.2) is 0 Å². The van der Waals surface area contributed by atoms with Crippen molar-refractivity contribution in [3.8, 4) is 0 Å². The molecule has 2 unspecified atom stereocenters. The molecule has 102 valence electrons. The van der Waals surface area contributed by atoms with Crippen molar-refractivity contribution in [1.29, 1.82) is 0 Å². The third-order valence-corrected chi connectivity index (χ3v) is 5.26. The van der Waals surface area contributed by atoms with Crippen LogP contribution in [0.2, 0.25) is 0 Å². The maximum atomic E-state index is 5.90. The third-order valence-electron chi connectivity index (χ3n) is 4.54. The second-order valence-corrected chi connectivity index (χ2v) is 6.98. The number of fused-ring (bicyclic) bond motifs is 1. The van der Waals surface area contributed by atoms with E-state index in [1.807, 2.05) is 6.07 Å². The van der Waals surface area contributed by atoms with Crippen LogP contribution in [0.15, 0.2) is 22.7 Å². The van der Waals surface area contributed by atoms with Gasteiger partial charge >= 0.3 is 0 Å². The molecule has 1 aliphatic carbocycles. The molecule has 2 nitrogen and oxygen atoms in total. The molecule has 0 bridgehead atoms. The molecule has 0 aromatic heterocycles. The van der Waals surface area contributed by atoms with Crippen LogP contribution in [0.4, 0.5) is 5.69 Å². The summed E-state index contributed by atoms with van der Waals surface area (Å²) < 4.78 is 1.04. The fourth-order valence-corrected chi connectivity index (χ4v) is 4.19. The van der Waals surface area contributed by atoms with Gasteiger partial charge in [-0.15, -0.1) is 0 Å². The number of thiocarbonyl (C=S) groups is 1. The molecule has 19 heavy (non-hydrogen) atoms. The molecular weight excluding hydrogens is 320 g/mol. The lowest BCUT2D eigenvalue weighted by atomic mass is 9.85. The van der Waals surface area contributed by atoms with E-state index in [4.69, 9.17) is 18.0 Å². The zero-order chi connectivity index (χ0) is 13.4. The summed E-state index contributed by atoms with van der Waals surface area (Å²) in [5, 5.41) is 0. The Bertz CT molecular complexity index is 503. The minimum absolute atomic E-state index is 0.496. The lowest BCUT2D eigenvalue weighted by molar-refractivity contribution is 0.342. The van der Waals surface area contributed by atoms with Gasteiger partial charge in [0.2, 0.25) is 0 Å². The van der Waals surface area contributed by atoms with E-state index >= 15 is 0 Å². The Morgan fingerprint density at radius 2 is 2.05 bits per heavy atom. The number of halogens is 1. The van der Waals surface area contributed by atoms with E-state index in [-0.39, 0.29) is 0 Å². The molecule has 2 atom stereocenters. The summed E-state index contributed by atoms with van der Waals surface area (Å²) >= 11 is 8.73. The Balaban J connectivity index is 1.95. The van der Waals surface area contributed by atoms with E-state index in [9.17, 15) is 0 Å². The van der Waals surface area contributed by atoms with Gasteiger partial charge in [-0.25, -0.2) is 0 Å². The summed E-state index contributed by atoms with van der Waals surface area (Å²) in [5.74, 6) is 0.872. The molecule has 1 aliphatic heterocycles. The van der Waals surface area contributed by atoms with Crippen LogP contribution in [-0.2, 0) is 0 Å². The molecule has 4 heteroatoms. The van der Waals surface area contributed by atoms with Crippen molar-refractivity contribution in [2.45, 2.75) is 38.1 Å². The average Bonchev–Trinajstić information content (AvgIpc) is 2.82. The number of hydrogen-bond donors (Lipinski definition) is 1. The molecule has 1 saturated carbocycles. The first-order valence-corrected chi connectivity index (χ1v) is 8.23. The summed E-state index contributed by atoms with van der Waals surface area (Å²) in [7, 11) is 0. The monoisotopic (exact) mass is 338 g/mol. The summed E-state index contributed by atoms with van der Waals surface area (Å²) in [5.41, 5.74) is 8.14. The molecule has 0 amide bonds. The summed E-state index contributed by atoms with van der Waals surface area (Å²) in [6, 6.07) is 7.00. The molecule has 1 aromatic rings. The molecule has 2 aliphatic rings. The van der Waals surface area contributed by atoms with Gasteiger partial charge in [-0.2, -0.15) is 0 Å². The normalized spacial score (nSPS) is 26.3. The highest BCUT2D eigenvalue weighted by Crippen LogP contribution is 2.40. The van der Waals surface area contributed by atoms with E-state index in [2.05, 4.69) is 33.0 Å². The van der Waals surface area contributed by atoms with E-state index in [0.717, 1.165) is 22.5 Å². The van der Waals surface area contributed by atoms with Crippen LogP contribution in [0, 0.1) is 5.92 Å². The molecule has 1 aromatic carbocycles. The van der Waals surface area contributed by atoms with Crippen LogP contribution >= 0.6 is 28.1 Å². The van der Waals surface area contributed by atoms with Gasteiger partial charge in [-0.05, 0) is 43.4 Å². The maximum Gasteiger partial charge on any atom is 0.106 e. The highest BCUT2D eigenvalue weighted by molar-refractivity contribution is 9.10. The fraction of sp³-hybridized carbons (Fsp3) is 0.533. The quantitative estimate of drug-likeness (QED) is 0.830. The molecule has 1 saturated heterocycles. The standard InChI is InChI=1S/C15H19BrN2S/c16-11-5-6-14(12(9-11)15(17)19)18-8-7-10-3-1-2-4-13(10)18/h5-6,9-10,13H,1-4,7-8H2,(H2,17,19). The Morgan fingerprint density at radius 3 is 2.84 bits per heavy atom. The Kier molecular flexibility index (Phi) is 3.81. The molecule has 2 N–H and O–H groups in total. The third kappa shape index (κ3) is 2.52. The van der Waals surface area contributed by atoms with Crippen LogP contribution < -0.4 is 10.6 Å². The summed E-state index contributed by atoms with van der Waals surface area (Å²) in [4.78, 5) is 3.04. The minimum Gasteiger partial charge on any atom is -0.389 e. The van der Waals surface area contributed by atoms with Crippen molar-refractivity contribution >= 4 is 38.8 Å². The van der Waals surface area contributed by atoms with Crippen molar-refractivity contribution in [3.05, 3.63) is 28.2 Å². The molecule has 3 rings (SSSR count). The second-order valence-electron chi connectivity index (χ2n) is 5.62. The number of benzene rings is 1. The topological polar surface area (TPSA) is 29.3 Å². The molecule has 0 radical (unpaired) electrons. The smallest absolute Gasteiger partial charge is 0.106 e. The van der Waals surface area contributed by atoms with Crippen molar-refractivity contribution in [2.75, 3.05) is 11.4 Å². The number of anilines is 1. The predicted molar refractivity (Wildman–Crippen MR) is 87.7 cm³/mol. The Hall–Kier alpha value is -0.610. The number of nitrogens with zero attached hydrogens (tertiary/aromatic N) is 1. The van der Waals surface area contributed by atoms with E-state index in [0.29, 0.717) is 11.0 Å². The first-order chi connectivity index (χ1) is 9.16. The zero-order valence-corrected chi connectivity index (χ0v) is 13.3. The minimum atomic E-state index is 0.496. The lowest BCUT2D eigenvalue weighted by Crippen LogP contribution is -2.35. The van der Waals surface area contributed by atoms with Gasteiger partial charge < -0.3 is 10.6 Å². The molecule has 1 heterocycles. The van der Waals surface area contributed by atoms with Crippen LogP contribution in [0.5, 0.6) is 0 Å². The Labute approximate surface area is 128 Å². The maximum absolute atomic E-state index is 5.90. The molecule has 0 spiro atoms. The first-order valence-electron chi connectivity index (χ1n) is 7.03.